The van der Waals surface area contributed by atoms with Crippen molar-refractivity contribution in [1.82, 2.24) is 0 Å². The molecule has 1 aromatic carbocycles. The molecule has 5 nitrogen and oxygen atoms in total. The van der Waals surface area contributed by atoms with E-state index in [0.717, 1.165) is 0 Å². The fraction of sp³-hybridized carbons (Fsp3) is 0.111. The number of benzene rings is 1. The third-order valence-electron chi connectivity index (χ3n) is 1.71. The molecule has 1 amide bonds. The molecule has 0 aliphatic heterocycles. The number of amides is 1. The van der Waals surface area contributed by atoms with Gasteiger partial charge in [0.25, 0.3) is 0 Å². The van der Waals surface area contributed by atoms with Crippen molar-refractivity contribution < 1.29 is 19.8 Å². The molecule has 0 saturated heterocycles. The fourth-order valence-corrected chi connectivity index (χ4v) is 1.05. The lowest BCUT2D eigenvalue weighted by molar-refractivity contribution is -0.107. The van der Waals surface area contributed by atoms with E-state index in [1.165, 1.54) is 12.1 Å². The summed E-state index contributed by atoms with van der Waals surface area (Å²) < 4.78 is 0. The van der Waals surface area contributed by atoms with E-state index < -0.39 is 0 Å². The summed E-state index contributed by atoms with van der Waals surface area (Å²) in [4.78, 5) is 20.3. The maximum atomic E-state index is 10.2. The van der Waals surface area contributed by atoms with Gasteiger partial charge in [0.15, 0.2) is 0 Å². The molecule has 0 aliphatic rings. The highest BCUT2D eigenvalue weighted by molar-refractivity contribution is 5.77. The van der Waals surface area contributed by atoms with Crippen LogP contribution in [0.1, 0.15) is 5.56 Å². The molecule has 5 heteroatoms. The molecule has 1 aromatic rings. The van der Waals surface area contributed by atoms with Gasteiger partial charge in [0.05, 0.1) is 5.69 Å². The van der Waals surface area contributed by atoms with E-state index in [1.54, 1.807) is 0 Å². The quantitative estimate of drug-likeness (QED) is 0.369. The Morgan fingerprint density at radius 1 is 1.21 bits per heavy atom. The highest BCUT2D eigenvalue weighted by atomic mass is 16.3. The van der Waals surface area contributed by atoms with Crippen LogP contribution in [0.5, 0.6) is 11.5 Å². The van der Waals surface area contributed by atoms with Crippen molar-refractivity contribution in [1.29, 1.82) is 0 Å². The zero-order chi connectivity index (χ0) is 10.6. The van der Waals surface area contributed by atoms with Crippen LogP contribution in [0.2, 0.25) is 0 Å². The van der Waals surface area contributed by atoms with Gasteiger partial charge in [0.1, 0.15) is 17.8 Å². The molecule has 14 heavy (non-hydrogen) atoms. The van der Waals surface area contributed by atoms with Crippen LogP contribution in [0.25, 0.3) is 0 Å². The van der Waals surface area contributed by atoms with Crippen molar-refractivity contribution in [3.8, 4) is 11.5 Å². The molecular weight excluding hydrogens is 186 g/mol. The highest BCUT2D eigenvalue weighted by Gasteiger charge is 2.07. The molecular formula is C9H9NO4. The first-order valence-electron chi connectivity index (χ1n) is 3.87. The van der Waals surface area contributed by atoms with E-state index in [0.29, 0.717) is 18.3 Å². The number of hydrogen-bond donors (Lipinski definition) is 3. The molecule has 0 saturated carbocycles. The van der Waals surface area contributed by atoms with E-state index in [4.69, 9.17) is 0 Å². The first kappa shape index (κ1) is 10.0. The third-order valence-corrected chi connectivity index (χ3v) is 1.71. The number of aldehydes is 1. The SMILES string of the molecule is O=CCc1cc(O)c(NC=O)cc1O. The molecule has 1 rings (SSSR count). The standard InChI is InChI=1S/C9H9NO4/c11-2-1-6-3-9(14)7(10-5-12)4-8(6)13/h2-5,13-14H,1H2,(H,10,12). The van der Waals surface area contributed by atoms with E-state index in [9.17, 15) is 19.8 Å². The summed E-state index contributed by atoms with van der Waals surface area (Å²) in [6, 6.07) is 2.41. The Hall–Kier alpha value is -2.04. The average molecular weight is 195 g/mol. The Bertz CT molecular complexity index is 326. The largest absolute Gasteiger partial charge is 0.508 e. The van der Waals surface area contributed by atoms with Gasteiger partial charge in [-0.05, 0) is 6.07 Å². The van der Waals surface area contributed by atoms with Gasteiger partial charge >= 0.3 is 0 Å². The summed E-state index contributed by atoms with van der Waals surface area (Å²) in [6.07, 6.45) is 1.01. The number of rotatable bonds is 4. The number of carbonyl (C=O) groups excluding carboxylic acids is 2. The average Bonchev–Trinajstić information content (AvgIpc) is 2.14. The van der Waals surface area contributed by atoms with Gasteiger partial charge in [-0.3, -0.25) is 4.79 Å². The van der Waals surface area contributed by atoms with Crippen LogP contribution in [0.4, 0.5) is 5.69 Å². The first-order valence-corrected chi connectivity index (χ1v) is 3.87. The number of hydrogen-bond acceptors (Lipinski definition) is 4. The summed E-state index contributed by atoms with van der Waals surface area (Å²) in [6.45, 7) is 0. The number of phenols is 2. The fourth-order valence-electron chi connectivity index (χ4n) is 1.05. The molecule has 0 radical (unpaired) electrons. The Balaban J connectivity index is 3.09. The van der Waals surface area contributed by atoms with Crippen LogP contribution < -0.4 is 5.32 Å². The van der Waals surface area contributed by atoms with Gasteiger partial charge in [-0.2, -0.15) is 0 Å². The Morgan fingerprint density at radius 3 is 2.50 bits per heavy atom. The Morgan fingerprint density at radius 2 is 1.93 bits per heavy atom. The maximum Gasteiger partial charge on any atom is 0.211 e. The minimum Gasteiger partial charge on any atom is -0.508 e. The molecule has 3 N–H and O–H groups in total. The second kappa shape index (κ2) is 4.27. The lowest BCUT2D eigenvalue weighted by atomic mass is 10.1. The predicted octanol–water partition coefficient (Wildman–Crippen LogP) is 0.407. The lowest BCUT2D eigenvalue weighted by Crippen LogP contribution is -1.95. The number of carbonyl (C=O) groups is 2. The van der Waals surface area contributed by atoms with Crippen molar-refractivity contribution in [3.05, 3.63) is 17.7 Å². The summed E-state index contributed by atoms with van der Waals surface area (Å²) in [5.41, 5.74) is 0.418. The number of phenolic OH excluding ortho intramolecular Hbond substituents is 2. The molecule has 0 spiro atoms. The molecule has 0 aliphatic carbocycles. The van der Waals surface area contributed by atoms with Gasteiger partial charge in [-0.25, -0.2) is 0 Å². The first-order chi connectivity index (χ1) is 6.69. The van der Waals surface area contributed by atoms with E-state index >= 15 is 0 Å². The summed E-state index contributed by atoms with van der Waals surface area (Å²) >= 11 is 0. The van der Waals surface area contributed by atoms with Gasteiger partial charge in [0.2, 0.25) is 6.41 Å². The van der Waals surface area contributed by atoms with Crippen LogP contribution in [-0.2, 0) is 16.0 Å². The molecule has 0 atom stereocenters. The van der Waals surface area contributed by atoms with Crippen LogP contribution in [0.15, 0.2) is 12.1 Å². The van der Waals surface area contributed by atoms with Gasteiger partial charge in [-0.1, -0.05) is 0 Å². The number of aromatic hydroxyl groups is 2. The lowest BCUT2D eigenvalue weighted by Gasteiger charge is -2.06. The molecule has 0 aromatic heterocycles. The van der Waals surface area contributed by atoms with Gasteiger partial charge in [0, 0.05) is 18.1 Å². The molecule has 0 heterocycles. The zero-order valence-corrected chi connectivity index (χ0v) is 7.23. The van der Waals surface area contributed by atoms with Gasteiger partial charge < -0.3 is 20.3 Å². The van der Waals surface area contributed by atoms with E-state index in [2.05, 4.69) is 5.32 Å². The van der Waals surface area contributed by atoms with Crippen molar-refractivity contribution in [2.24, 2.45) is 0 Å². The van der Waals surface area contributed by atoms with E-state index in [-0.39, 0.29) is 23.6 Å². The number of anilines is 1. The van der Waals surface area contributed by atoms with Crippen LogP contribution >= 0.6 is 0 Å². The van der Waals surface area contributed by atoms with Crippen LogP contribution in [0.3, 0.4) is 0 Å². The second-order valence-corrected chi connectivity index (χ2v) is 2.63. The molecule has 0 unspecified atom stereocenters. The molecule has 74 valence electrons. The summed E-state index contributed by atoms with van der Waals surface area (Å²) in [7, 11) is 0. The predicted molar refractivity (Wildman–Crippen MR) is 49.2 cm³/mol. The third kappa shape index (κ3) is 2.01. The second-order valence-electron chi connectivity index (χ2n) is 2.63. The van der Waals surface area contributed by atoms with E-state index in [1.807, 2.05) is 0 Å². The topological polar surface area (TPSA) is 86.6 Å². The molecule has 0 fully saturated rings. The summed E-state index contributed by atoms with van der Waals surface area (Å²) in [5.74, 6) is -0.328. The van der Waals surface area contributed by atoms with Crippen LogP contribution in [-0.4, -0.2) is 22.9 Å². The Kier molecular flexibility index (Phi) is 3.06. The monoisotopic (exact) mass is 195 g/mol. The van der Waals surface area contributed by atoms with Crippen molar-refractivity contribution >= 4 is 18.4 Å². The normalized spacial score (nSPS) is 9.43. The zero-order valence-electron chi connectivity index (χ0n) is 7.23. The minimum atomic E-state index is -0.188. The summed E-state index contributed by atoms with van der Waals surface area (Å²) in [5, 5.41) is 20.9. The smallest absolute Gasteiger partial charge is 0.211 e. The Labute approximate surface area is 80.0 Å². The van der Waals surface area contributed by atoms with Crippen molar-refractivity contribution in [3.63, 3.8) is 0 Å². The van der Waals surface area contributed by atoms with Crippen molar-refractivity contribution in [2.45, 2.75) is 6.42 Å². The van der Waals surface area contributed by atoms with Crippen molar-refractivity contribution in [2.75, 3.05) is 5.32 Å². The van der Waals surface area contributed by atoms with Gasteiger partial charge in [-0.15, -0.1) is 0 Å². The van der Waals surface area contributed by atoms with Crippen LogP contribution in [0, 0.1) is 0 Å². The molecule has 0 bridgehead atoms. The highest BCUT2D eigenvalue weighted by Crippen LogP contribution is 2.30. The minimum absolute atomic E-state index is 0.0146. The number of nitrogens with one attached hydrogen (secondary N) is 1. The maximum absolute atomic E-state index is 10.2.